The monoisotopic (exact) mass is 214 g/mol. The molecule has 0 spiro atoms. The highest BCUT2D eigenvalue weighted by Crippen LogP contribution is 2.26. The molecule has 1 N–H and O–H groups in total. The van der Waals surface area contributed by atoms with E-state index >= 15 is 0 Å². The molecular weight excluding hydrogens is 198 g/mol. The summed E-state index contributed by atoms with van der Waals surface area (Å²) in [6, 6.07) is 3.54. The molecule has 0 aliphatic rings. The maximum atomic E-state index is 12.9. The molecule has 1 aromatic rings. The molecule has 0 fully saturated rings. The smallest absolute Gasteiger partial charge is 0.159 e. The van der Waals surface area contributed by atoms with Crippen molar-refractivity contribution in [3.05, 3.63) is 35.4 Å². The Labute approximate surface area is 88.7 Å². The van der Waals surface area contributed by atoms with Crippen LogP contribution in [-0.4, -0.2) is 5.11 Å². The van der Waals surface area contributed by atoms with E-state index in [0.717, 1.165) is 25.0 Å². The van der Waals surface area contributed by atoms with Gasteiger partial charge in [-0.3, -0.25) is 0 Å². The summed E-state index contributed by atoms with van der Waals surface area (Å²) in [6.07, 6.45) is 1.10. The van der Waals surface area contributed by atoms with Crippen LogP contribution in [0.5, 0.6) is 0 Å². The highest BCUT2D eigenvalue weighted by Gasteiger charge is 2.16. The molecule has 1 rings (SSSR count). The van der Waals surface area contributed by atoms with Crippen molar-refractivity contribution in [3.8, 4) is 0 Å². The molecule has 15 heavy (non-hydrogen) atoms. The molecule has 3 heteroatoms. The second-order valence-corrected chi connectivity index (χ2v) is 3.88. The van der Waals surface area contributed by atoms with Crippen LogP contribution in [0.15, 0.2) is 18.2 Å². The van der Waals surface area contributed by atoms with E-state index in [0.29, 0.717) is 5.56 Å². The molecule has 2 atom stereocenters. The summed E-state index contributed by atoms with van der Waals surface area (Å²) in [5.74, 6) is -1.73. The maximum Gasteiger partial charge on any atom is 0.159 e. The Bertz CT molecular complexity index is 325. The third-order valence-electron chi connectivity index (χ3n) is 2.57. The molecule has 84 valence electrons. The van der Waals surface area contributed by atoms with Gasteiger partial charge < -0.3 is 5.11 Å². The van der Waals surface area contributed by atoms with E-state index in [1.54, 1.807) is 0 Å². The van der Waals surface area contributed by atoms with Crippen LogP contribution in [0, 0.1) is 17.6 Å². The van der Waals surface area contributed by atoms with Gasteiger partial charge >= 0.3 is 0 Å². The molecule has 0 saturated heterocycles. The van der Waals surface area contributed by atoms with E-state index in [-0.39, 0.29) is 5.92 Å². The first-order valence-corrected chi connectivity index (χ1v) is 5.19. The fourth-order valence-corrected chi connectivity index (χ4v) is 1.64. The van der Waals surface area contributed by atoms with Gasteiger partial charge in [0.1, 0.15) is 0 Å². The fourth-order valence-electron chi connectivity index (χ4n) is 1.64. The van der Waals surface area contributed by atoms with Gasteiger partial charge in [-0.25, -0.2) is 8.78 Å². The number of hydrogen-bond donors (Lipinski definition) is 1. The van der Waals surface area contributed by atoms with Crippen molar-refractivity contribution in [1.82, 2.24) is 0 Å². The van der Waals surface area contributed by atoms with E-state index in [4.69, 9.17) is 0 Å². The van der Waals surface area contributed by atoms with E-state index in [1.807, 2.05) is 13.8 Å². The van der Waals surface area contributed by atoms with Crippen LogP contribution in [0.3, 0.4) is 0 Å². The Kier molecular flexibility index (Phi) is 4.21. The van der Waals surface area contributed by atoms with Crippen molar-refractivity contribution in [2.75, 3.05) is 0 Å². The van der Waals surface area contributed by atoms with Crippen molar-refractivity contribution >= 4 is 0 Å². The van der Waals surface area contributed by atoms with Crippen molar-refractivity contribution < 1.29 is 13.9 Å². The maximum absolute atomic E-state index is 12.9. The number of rotatable bonds is 4. The minimum Gasteiger partial charge on any atom is -0.388 e. The summed E-state index contributed by atoms with van der Waals surface area (Å²) in [4.78, 5) is 0. The highest BCUT2D eigenvalue weighted by atomic mass is 19.2. The predicted molar refractivity (Wildman–Crippen MR) is 55.4 cm³/mol. The van der Waals surface area contributed by atoms with Gasteiger partial charge in [0.25, 0.3) is 0 Å². The fraction of sp³-hybridized carbons (Fsp3) is 0.500. The summed E-state index contributed by atoms with van der Waals surface area (Å²) in [5, 5.41) is 9.85. The third-order valence-corrected chi connectivity index (χ3v) is 2.57. The molecule has 0 radical (unpaired) electrons. The van der Waals surface area contributed by atoms with Gasteiger partial charge in [0.05, 0.1) is 6.10 Å². The molecule has 0 aliphatic carbocycles. The number of halogens is 2. The van der Waals surface area contributed by atoms with Gasteiger partial charge in [0, 0.05) is 0 Å². The Morgan fingerprint density at radius 2 is 1.93 bits per heavy atom. The lowest BCUT2D eigenvalue weighted by Gasteiger charge is -2.18. The summed E-state index contributed by atoms with van der Waals surface area (Å²) < 4.78 is 25.6. The molecule has 1 nitrogen and oxygen atoms in total. The zero-order chi connectivity index (χ0) is 11.4. The second kappa shape index (κ2) is 5.21. The molecule has 1 aromatic carbocycles. The normalized spacial score (nSPS) is 15.0. The van der Waals surface area contributed by atoms with Crippen LogP contribution in [0.1, 0.15) is 38.4 Å². The number of aliphatic hydroxyl groups is 1. The van der Waals surface area contributed by atoms with E-state index < -0.39 is 17.7 Å². The standard InChI is InChI=1S/C12H16F2O/c1-3-4-8(2)12(15)9-5-6-10(13)11(14)7-9/h5-8,12,15H,3-4H2,1-2H3. The zero-order valence-electron chi connectivity index (χ0n) is 9.00. The second-order valence-electron chi connectivity index (χ2n) is 3.88. The number of aliphatic hydroxyl groups excluding tert-OH is 1. The molecule has 0 aromatic heterocycles. The first-order valence-electron chi connectivity index (χ1n) is 5.19. The van der Waals surface area contributed by atoms with Crippen LogP contribution in [-0.2, 0) is 0 Å². The lowest BCUT2D eigenvalue weighted by molar-refractivity contribution is 0.112. The number of hydrogen-bond acceptors (Lipinski definition) is 1. The average molecular weight is 214 g/mol. The predicted octanol–water partition coefficient (Wildman–Crippen LogP) is 3.43. The van der Waals surface area contributed by atoms with Gasteiger partial charge in [-0.2, -0.15) is 0 Å². The number of benzene rings is 1. The Hall–Kier alpha value is -0.960. The molecular formula is C12H16F2O. The van der Waals surface area contributed by atoms with Gasteiger partial charge in [-0.1, -0.05) is 26.3 Å². The average Bonchev–Trinajstić information content (AvgIpc) is 2.21. The molecule has 0 heterocycles. The van der Waals surface area contributed by atoms with E-state index in [1.165, 1.54) is 6.07 Å². The molecule has 0 bridgehead atoms. The minimum atomic E-state index is -0.907. The van der Waals surface area contributed by atoms with Crippen LogP contribution < -0.4 is 0 Å². The van der Waals surface area contributed by atoms with Crippen molar-refractivity contribution in [3.63, 3.8) is 0 Å². The largest absolute Gasteiger partial charge is 0.388 e. The van der Waals surface area contributed by atoms with Gasteiger partial charge in [-0.05, 0) is 30.0 Å². The molecule has 0 aliphatic heterocycles. The Balaban J connectivity index is 2.81. The van der Waals surface area contributed by atoms with Crippen LogP contribution in [0.4, 0.5) is 8.78 Å². The minimum absolute atomic E-state index is 0.0554. The Morgan fingerprint density at radius 3 is 2.47 bits per heavy atom. The third kappa shape index (κ3) is 2.99. The lowest BCUT2D eigenvalue weighted by Crippen LogP contribution is -2.09. The van der Waals surface area contributed by atoms with Crippen molar-refractivity contribution in [1.29, 1.82) is 0 Å². The van der Waals surface area contributed by atoms with Crippen LogP contribution in [0.2, 0.25) is 0 Å². The van der Waals surface area contributed by atoms with E-state index in [2.05, 4.69) is 0 Å². The molecule has 0 amide bonds. The zero-order valence-corrected chi connectivity index (χ0v) is 9.00. The quantitative estimate of drug-likeness (QED) is 0.814. The SMILES string of the molecule is CCCC(C)C(O)c1ccc(F)c(F)c1. The first-order chi connectivity index (χ1) is 7.06. The van der Waals surface area contributed by atoms with Crippen molar-refractivity contribution in [2.24, 2.45) is 5.92 Å². The van der Waals surface area contributed by atoms with Gasteiger partial charge in [0.15, 0.2) is 11.6 Å². The van der Waals surface area contributed by atoms with Crippen LogP contribution in [0.25, 0.3) is 0 Å². The topological polar surface area (TPSA) is 20.2 Å². The summed E-state index contributed by atoms with van der Waals surface area (Å²) in [6.45, 7) is 3.92. The van der Waals surface area contributed by atoms with Gasteiger partial charge in [-0.15, -0.1) is 0 Å². The summed E-state index contributed by atoms with van der Waals surface area (Å²) in [5.41, 5.74) is 0.440. The van der Waals surface area contributed by atoms with E-state index in [9.17, 15) is 13.9 Å². The molecule has 2 unspecified atom stereocenters. The molecule has 0 saturated carbocycles. The summed E-state index contributed by atoms with van der Waals surface area (Å²) >= 11 is 0. The van der Waals surface area contributed by atoms with Gasteiger partial charge in [0.2, 0.25) is 0 Å². The summed E-state index contributed by atoms with van der Waals surface area (Å²) in [7, 11) is 0. The highest BCUT2D eigenvalue weighted by molar-refractivity contribution is 5.20. The van der Waals surface area contributed by atoms with Crippen LogP contribution >= 0.6 is 0 Å². The Morgan fingerprint density at radius 1 is 1.27 bits per heavy atom. The van der Waals surface area contributed by atoms with Crippen molar-refractivity contribution in [2.45, 2.75) is 32.8 Å². The lowest BCUT2D eigenvalue weighted by atomic mass is 9.93. The first kappa shape index (κ1) is 12.1.